The van der Waals surface area contributed by atoms with E-state index in [0.29, 0.717) is 18.6 Å². The zero-order valence-electron chi connectivity index (χ0n) is 11.9. The molecule has 2 atom stereocenters. The summed E-state index contributed by atoms with van der Waals surface area (Å²) in [6, 6.07) is 6.20. The van der Waals surface area contributed by atoms with Gasteiger partial charge in [0.15, 0.2) is 9.84 Å². The molecule has 0 heterocycles. The van der Waals surface area contributed by atoms with E-state index in [4.69, 9.17) is 16.2 Å². The van der Waals surface area contributed by atoms with Gasteiger partial charge in [-0.3, -0.25) is 4.79 Å². The van der Waals surface area contributed by atoms with Crippen molar-refractivity contribution in [2.24, 2.45) is 11.5 Å². The van der Waals surface area contributed by atoms with Gasteiger partial charge in [0.2, 0.25) is 5.91 Å². The summed E-state index contributed by atoms with van der Waals surface area (Å²) in [5.74, 6) is 0.0457. The van der Waals surface area contributed by atoms with Crippen molar-refractivity contribution < 1.29 is 17.9 Å². The molecule has 116 valence electrons. The summed E-state index contributed by atoms with van der Waals surface area (Å²) in [4.78, 5) is 11.6. The van der Waals surface area contributed by atoms with Gasteiger partial charge in [0.1, 0.15) is 11.9 Å². The Labute approximate surface area is 124 Å². The zero-order chi connectivity index (χ0) is 15.7. The number of hydrogen-bond acceptors (Lipinski definition) is 5. The van der Waals surface area contributed by atoms with Crippen molar-refractivity contribution in [2.75, 3.05) is 6.26 Å². The third-order valence-electron chi connectivity index (χ3n) is 3.79. The van der Waals surface area contributed by atoms with Crippen LogP contribution in [0.15, 0.2) is 29.2 Å². The van der Waals surface area contributed by atoms with E-state index in [9.17, 15) is 13.2 Å². The largest absolute Gasteiger partial charge is 0.490 e. The second-order valence-corrected chi connectivity index (χ2v) is 7.62. The lowest BCUT2D eigenvalue weighted by atomic mass is 9.80. The lowest BCUT2D eigenvalue weighted by molar-refractivity contribution is -0.125. The number of primary amides is 1. The van der Waals surface area contributed by atoms with Crippen LogP contribution in [0.5, 0.6) is 5.75 Å². The highest BCUT2D eigenvalue weighted by Crippen LogP contribution is 2.29. The number of sulfone groups is 1. The fraction of sp³-hybridized carbons (Fsp3) is 0.500. The number of carbonyl (C=O) groups is 1. The first-order valence-electron chi connectivity index (χ1n) is 6.76. The molecule has 0 spiro atoms. The Bertz CT molecular complexity index is 627. The highest BCUT2D eigenvalue weighted by atomic mass is 32.2. The van der Waals surface area contributed by atoms with Gasteiger partial charge in [-0.05, 0) is 43.5 Å². The number of ether oxygens (including phenoxy) is 1. The van der Waals surface area contributed by atoms with Gasteiger partial charge >= 0.3 is 0 Å². The molecule has 6 nitrogen and oxygen atoms in total. The summed E-state index contributed by atoms with van der Waals surface area (Å²) in [6.07, 6.45) is 3.46. The van der Waals surface area contributed by atoms with Crippen molar-refractivity contribution >= 4 is 15.7 Å². The van der Waals surface area contributed by atoms with Gasteiger partial charge in [0.05, 0.1) is 10.4 Å². The van der Waals surface area contributed by atoms with Crippen LogP contribution in [0.4, 0.5) is 0 Å². The molecule has 0 saturated heterocycles. The molecule has 1 fully saturated rings. The van der Waals surface area contributed by atoms with Crippen molar-refractivity contribution in [3.05, 3.63) is 24.3 Å². The Kier molecular flexibility index (Phi) is 4.25. The van der Waals surface area contributed by atoms with Crippen LogP contribution in [0, 0.1) is 0 Å². The molecule has 1 aliphatic carbocycles. The maximum atomic E-state index is 11.4. The predicted octanol–water partition coefficient (Wildman–Crippen LogP) is 0.594. The number of rotatable bonds is 4. The highest BCUT2D eigenvalue weighted by molar-refractivity contribution is 7.90. The minimum Gasteiger partial charge on any atom is -0.490 e. The number of carbonyl (C=O) groups excluding carboxylic acids is 1. The molecule has 2 unspecified atom stereocenters. The van der Waals surface area contributed by atoms with Gasteiger partial charge in [-0.2, -0.15) is 0 Å². The van der Waals surface area contributed by atoms with E-state index < -0.39 is 21.3 Å². The Hall–Kier alpha value is -1.60. The minimum absolute atomic E-state index is 0.194. The maximum absolute atomic E-state index is 11.4. The van der Waals surface area contributed by atoms with Crippen molar-refractivity contribution in [3.8, 4) is 5.75 Å². The first-order chi connectivity index (χ1) is 9.71. The second-order valence-electron chi connectivity index (χ2n) is 5.60. The minimum atomic E-state index is -3.22. The number of benzene rings is 1. The van der Waals surface area contributed by atoms with Crippen molar-refractivity contribution in [3.63, 3.8) is 0 Å². The Morgan fingerprint density at radius 3 is 2.48 bits per heavy atom. The average Bonchev–Trinajstić information content (AvgIpc) is 2.38. The topological polar surface area (TPSA) is 112 Å². The molecule has 1 aromatic carbocycles. The zero-order valence-corrected chi connectivity index (χ0v) is 12.7. The van der Waals surface area contributed by atoms with E-state index in [0.717, 1.165) is 19.1 Å². The lowest BCUT2D eigenvalue weighted by Crippen LogP contribution is -2.56. The van der Waals surface area contributed by atoms with E-state index in [1.54, 1.807) is 12.1 Å². The molecule has 4 N–H and O–H groups in total. The van der Waals surface area contributed by atoms with Crippen molar-refractivity contribution in [1.82, 2.24) is 0 Å². The summed E-state index contributed by atoms with van der Waals surface area (Å²) >= 11 is 0. The smallest absolute Gasteiger partial charge is 0.237 e. The van der Waals surface area contributed by atoms with E-state index in [2.05, 4.69) is 0 Å². The maximum Gasteiger partial charge on any atom is 0.237 e. The number of nitrogens with two attached hydrogens (primary N) is 2. The summed E-state index contributed by atoms with van der Waals surface area (Å²) in [5.41, 5.74) is 10.3. The normalized spacial score (nSPS) is 26.3. The van der Waals surface area contributed by atoms with Crippen LogP contribution >= 0.6 is 0 Å². The van der Waals surface area contributed by atoms with Crippen molar-refractivity contribution in [2.45, 2.75) is 42.2 Å². The molecular weight excluding hydrogens is 292 g/mol. The van der Waals surface area contributed by atoms with Gasteiger partial charge in [0, 0.05) is 12.7 Å². The van der Waals surface area contributed by atoms with E-state index in [-0.39, 0.29) is 11.0 Å². The van der Waals surface area contributed by atoms with Gasteiger partial charge in [-0.15, -0.1) is 0 Å². The molecule has 1 amide bonds. The fourth-order valence-electron chi connectivity index (χ4n) is 2.54. The Morgan fingerprint density at radius 2 is 1.95 bits per heavy atom. The third-order valence-corrected chi connectivity index (χ3v) is 4.91. The van der Waals surface area contributed by atoms with Crippen LogP contribution in [0.25, 0.3) is 0 Å². The molecule has 2 rings (SSSR count). The number of amides is 1. The molecule has 21 heavy (non-hydrogen) atoms. The molecule has 0 radical (unpaired) electrons. The monoisotopic (exact) mass is 312 g/mol. The molecule has 7 heteroatoms. The van der Waals surface area contributed by atoms with Crippen LogP contribution in [0.3, 0.4) is 0 Å². The van der Waals surface area contributed by atoms with Crippen LogP contribution in [-0.4, -0.2) is 32.2 Å². The van der Waals surface area contributed by atoms with Gasteiger partial charge < -0.3 is 16.2 Å². The van der Waals surface area contributed by atoms with Gasteiger partial charge in [-0.25, -0.2) is 8.42 Å². The van der Waals surface area contributed by atoms with Gasteiger partial charge in [-0.1, -0.05) is 0 Å². The van der Waals surface area contributed by atoms with Crippen LogP contribution in [0.1, 0.15) is 25.7 Å². The third kappa shape index (κ3) is 3.74. The Balaban J connectivity index is 2.06. The standard InChI is InChI=1S/C14H20N2O4S/c1-21(18,19)12-6-4-10(5-7-12)20-11-3-2-8-14(16,9-11)13(15)17/h4-7,11H,2-3,8-9,16H2,1H3,(H2,15,17). The lowest BCUT2D eigenvalue weighted by Gasteiger charge is -2.35. The van der Waals surface area contributed by atoms with E-state index in [1.165, 1.54) is 12.1 Å². The quantitative estimate of drug-likeness (QED) is 0.845. The van der Waals surface area contributed by atoms with E-state index in [1.807, 2.05) is 0 Å². The SMILES string of the molecule is CS(=O)(=O)c1ccc(OC2CCCC(N)(C(N)=O)C2)cc1. The predicted molar refractivity (Wildman–Crippen MR) is 78.5 cm³/mol. The van der Waals surface area contributed by atoms with Crippen LogP contribution < -0.4 is 16.2 Å². The molecule has 0 aromatic heterocycles. The Morgan fingerprint density at radius 1 is 1.33 bits per heavy atom. The molecule has 1 saturated carbocycles. The van der Waals surface area contributed by atoms with Crippen molar-refractivity contribution in [1.29, 1.82) is 0 Å². The summed E-state index contributed by atoms with van der Waals surface area (Å²) in [7, 11) is -3.22. The summed E-state index contributed by atoms with van der Waals surface area (Å²) in [5, 5.41) is 0. The van der Waals surface area contributed by atoms with Gasteiger partial charge in [0.25, 0.3) is 0 Å². The average molecular weight is 312 g/mol. The molecular formula is C14H20N2O4S. The number of hydrogen-bond donors (Lipinski definition) is 2. The first kappa shape index (κ1) is 15.8. The molecule has 0 bridgehead atoms. The summed E-state index contributed by atoms with van der Waals surface area (Å²) < 4.78 is 28.6. The highest BCUT2D eigenvalue weighted by Gasteiger charge is 2.38. The first-order valence-corrected chi connectivity index (χ1v) is 8.65. The molecule has 0 aliphatic heterocycles. The van der Waals surface area contributed by atoms with E-state index >= 15 is 0 Å². The molecule has 1 aromatic rings. The van der Waals surface area contributed by atoms with Crippen LogP contribution in [-0.2, 0) is 14.6 Å². The second kappa shape index (κ2) is 5.65. The summed E-state index contributed by atoms with van der Waals surface area (Å²) in [6.45, 7) is 0. The van der Waals surface area contributed by atoms with Crippen LogP contribution in [0.2, 0.25) is 0 Å². The fourth-order valence-corrected chi connectivity index (χ4v) is 3.17. The molecule has 1 aliphatic rings.